The van der Waals surface area contributed by atoms with Crippen LogP contribution in [0.1, 0.15) is 33.3 Å². The number of aliphatic hydroxyl groups is 1. The van der Waals surface area contributed by atoms with Crippen LogP contribution in [0.15, 0.2) is 104 Å². The van der Waals surface area contributed by atoms with Gasteiger partial charge in [0.15, 0.2) is 0 Å². The van der Waals surface area contributed by atoms with Gasteiger partial charge in [0.2, 0.25) is 0 Å². The molecule has 4 aromatic rings. The summed E-state index contributed by atoms with van der Waals surface area (Å²) in [5, 5.41) is 15.5. The van der Waals surface area contributed by atoms with Gasteiger partial charge in [-0.25, -0.2) is 0 Å². The van der Waals surface area contributed by atoms with Crippen molar-refractivity contribution in [2.24, 2.45) is 0 Å². The fourth-order valence-corrected chi connectivity index (χ4v) is 4.69. The number of anilines is 2. The molecule has 0 spiro atoms. The van der Waals surface area contributed by atoms with E-state index in [0.717, 1.165) is 28.0 Å². The van der Waals surface area contributed by atoms with Crippen molar-refractivity contribution in [3.63, 3.8) is 0 Å². The van der Waals surface area contributed by atoms with E-state index >= 15 is 0 Å². The monoisotopic (exact) mass is 487 g/mol. The summed E-state index contributed by atoms with van der Waals surface area (Å²) in [7, 11) is 0.398. The lowest BCUT2D eigenvalue weighted by molar-refractivity contribution is -0.0893. The van der Waals surface area contributed by atoms with E-state index in [0.29, 0.717) is 14.0 Å². The zero-order chi connectivity index (χ0) is 26.2. The highest BCUT2D eigenvalue weighted by Crippen LogP contribution is 2.40. The van der Waals surface area contributed by atoms with Crippen LogP contribution in [0.25, 0.3) is 27.1 Å². The standard InChI is InChI=1S/C33H34BNO2/c1-23-13-7-6-12-20-35(30-21-24-14-8-9-15-27(24)28-16-10-11-17-29(28)30)31-22-25(18-19-26(23)31)34-37-33(4,5)32(2,3)36/h6-19,21-22,34,36H,1,20H2,2-5H3/b12-6-,13-7-. The molecule has 0 saturated heterocycles. The van der Waals surface area contributed by atoms with Gasteiger partial charge in [-0.15, -0.1) is 0 Å². The zero-order valence-corrected chi connectivity index (χ0v) is 22.2. The van der Waals surface area contributed by atoms with Gasteiger partial charge in [0.1, 0.15) is 0 Å². The number of hydrogen-bond acceptors (Lipinski definition) is 3. The van der Waals surface area contributed by atoms with E-state index in [9.17, 15) is 5.11 Å². The van der Waals surface area contributed by atoms with Gasteiger partial charge < -0.3 is 14.7 Å². The Bertz CT molecular complexity index is 1540. The highest BCUT2D eigenvalue weighted by atomic mass is 16.5. The van der Waals surface area contributed by atoms with E-state index in [1.165, 1.54) is 21.5 Å². The third-order valence-electron chi connectivity index (χ3n) is 7.64. The molecule has 0 atom stereocenters. The van der Waals surface area contributed by atoms with Crippen LogP contribution in [0.3, 0.4) is 0 Å². The highest BCUT2D eigenvalue weighted by Gasteiger charge is 2.35. The second-order valence-electron chi connectivity index (χ2n) is 10.8. The Morgan fingerprint density at radius 3 is 2.30 bits per heavy atom. The third kappa shape index (κ3) is 4.87. The van der Waals surface area contributed by atoms with Crippen LogP contribution in [-0.4, -0.2) is 30.3 Å². The van der Waals surface area contributed by atoms with Crippen LogP contribution < -0.4 is 10.4 Å². The van der Waals surface area contributed by atoms with E-state index in [1.54, 1.807) is 13.8 Å². The summed E-state index contributed by atoms with van der Waals surface area (Å²) in [6.45, 7) is 12.5. The molecule has 1 N–H and O–H groups in total. The average molecular weight is 487 g/mol. The number of benzene rings is 4. The first kappa shape index (κ1) is 25.1. The fraction of sp³-hybridized carbons (Fsp3) is 0.212. The van der Waals surface area contributed by atoms with Crippen LogP contribution in [0.2, 0.25) is 0 Å². The van der Waals surface area contributed by atoms with Crippen molar-refractivity contribution in [1.29, 1.82) is 0 Å². The van der Waals surface area contributed by atoms with Crippen LogP contribution in [0.5, 0.6) is 0 Å². The molecule has 0 saturated carbocycles. The SMILES string of the molecule is C=C1/C=C\C=C/CN(c2cc3ccccc3c3ccccc23)c2cc(BOC(C)(C)C(C)(C)O)ccc21. The first-order chi connectivity index (χ1) is 17.7. The van der Waals surface area contributed by atoms with Gasteiger partial charge in [-0.05, 0) is 61.6 Å². The molecule has 4 heteroatoms. The molecule has 0 fully saturated rings. The Kier molecular flexibility index (Phi) is 6.57. The number of fused-ring (bicyclic) bond motifs is 4. The second kappa shape index (κ2) is 9.70. The highest BCUT2D eigenvalue weighted by molar-refractivity contribution is 6.47. The maximum absolute atomic E-state index is 10.6. The minimum absolute atomic E-state index is 0.398. The molecule has 0 unspecified atom stereocenters. The van der Waals surface area contributed by atoms with Crippen molar-refractivity contribution in [3.8, 4) is 0 Å². The van der Waals surface area contributed by atoms with E-state index in [2.05, 4.69) is 109 Å². The zero-order valence-electron chi connectivity index (χ0n) is 22.2. The summed E-state index contributed by atoms with van der Waals surface area (Å²) in [6.07, 6.45) is 8.38. The molecule has 3 nitrogen and oxygen atoms in total. The normalized spacial score (nSPS) is 16.1. The van der Waals surface area contributed by atoms with Crippen molar-refractivity contribution in [2.45, 2.75) is 38.9 Å². The molecular formula is C33H34BNO2. The predicted molar refractivity (Wildman–Crippen MR) is 160 cm³/mol. The van der Waals surface area contributed by atoms with E-state index < -0.39 is 11.2 Å². The smallest absolute Gasteiger partial charge is 0.309 e. The minimum atomic E-state index is -0.964. The van der Waals surface area contributed by atoms with Gasteiger partial charge in [0.25, 0.3) is 0 Å². The molecule has 1 heterocycles. The quantitative estimate of drug-likeness (QED) is 0.248. The van der Waals surface area contributed by atoms with Gasteiger partial charge >= 0.3 is 7.48 Å². The molecule has 0 amide bonds. The lowest BCUT2D eigenvalue weighted by Gasteiger charge is -2.37. The molecule has 0 radical (unpaired) electrons. The van der Waals surface area contributed by atoms with Gasteiger partial charge in [0, 0.05) is 28.9 Å². The van der Waals surface area contributed by atoms with Crippen molar-refractivity contribution >= 4 is 51.4 Å². The van der Waals surface area contributed by atoms with Crippen molar-refractivity contribution in [3.05, 3.63) is 109 Å². The predicted octanol–water partition coefficient (Wildman–Crippen LogP) is 6.81. The Morgan fingerprint density at radius 2 is 1.54 bits per heavy atom. The molecule has 0 bridgehead atoms. The minimum Gasteiger partial charge on any atom is -0.427 e. The molecule has 5 rings (SSSR count). The molecular weight excluding hydrogens is 453 g/mol. The largest absolute Gasteiger partial charge is 0.427 e. The molecule has 1 aliphatic heterocycles. The number of rotatable bonds is 5. The first-order valence-corrected chi connectivity index (χ1v) is 12.9. The lowest BCUT2D eigenvalue weighted by atomic mass is 9.81. The third-order valence-corrected chi connectivity index (χ3v) is 7.64. The molecule has 1 aliphatic rings. The molecule has 37 heavy (non-hydrogen) atoms. The van der Waals surface area contributed by atoms with Crippen molar-refractivity contribution in [2.75, 3.05) is 11.4 Å². The van der Waals surface area contributed by atoms with Crippen LogP contribution in [0, 0.1) is 0 Å². The molecule has 4 aromatic carbocycles. The Hall–Kier alpha value is -3.60. The maximum atomic E-state index is 10.6. The number of nitrogens with zero attached hydrogens (tertiary/aromatic N) is 1. The Morgan fingerprint density at radius 1 is 0.838 bits per heavy atom. The molecule has 186 valence electrons. The maximum Gasteiger partial charge on any atom is 0.309 e. The number of hydrogen-bond donors (Lipinski definition) is 1. The Balaban J connectivity index is 1.67. The van der Waals surface area contributed by atoms with Crippen LogP contribution >= 0.6 is 0 Å². The summed E-state index contributed by atoms with van der Waals surface area (Å²) in [4.78, 5) is 2.38. The van der Waals surface area contributed by atoms with Gasteiger partial charge in [-0.1, -0.05) is 97.0 Å². The molecule has 0 aromatic heterocycles. The fourth-order valence-electron chi connectivity index (χ4n) is 4.69. The summed E-state index contributed by atoms with van der Waals surface area (Å²) in [5.41, 5.74) is 3.68. The van der Waals surface area contributed by atoms with Crippen LogP contribution in [0.4, 0.5) is 11.4 Å². The summed E-state index contributed by atoms with van der Waals surface area (Å²) >= 11 is 0. The van der Waals surface area contributed by atoms with E-state index in [1.807, 2.05) is 13.8 Å². The van der Waals surface area contributed by atoms with E-state index in [4.69, 9.17) is 4.65 Å². The van der Waals surface area contributed by atoms with Gasteiger partial charge in [0.05, 0.1) is 11.2 Å². The average Bonchev–Trinajstić information content (AvgIpc) is 2.95. The molecule has 0 aliphatic carbocycles. The summed E-state index contributed by atoms with van der Waals surface area (Å²) in [5.74, 6) is 0. The first-order valence-electron chi connectivity index (χ1n) is 12.9. The summed E-state index contributed by atoms with van der Waals surface area (Å²) in [6, 6.07) is 25.9. The number of allylic oxidation sites excluding steroid dienone is 4. The van der Waals surface area contributed by atoms with E-state index in [-0.39, 0.29) is 0 Å². The van der Waals surface area contributed by atoms with Crippen LogP contribution in [-0.2, 0) is 4.65 Å². The lowest BCUT2D eigenvalue weighted by Crippen LogP contribution is -2.49. The summed E-state index contributed by atoms with van der Waals surface area (Å²) < 4.78 is 6.23. The van der Waals surface area contributed by atoms with Crippen molar-refractivity contribution in [1.82, 2.24) is 0 Å². The van der Waals surface area contributed by atoms with Gasteiger partial charge in [-0.3, -0.25) is 0 Å². The Labute approximate surface area is 220 Å². The van der Waals surface area contributed by atoms with Gasteiger partial charge in [-0.2, -0.15) is 0 Å². The second-order valence-corrected chi connectivity index (χ2v) is 10.8. The topological polar surface area (TPSA) is 32.7 Å². The van der Waals surface area contributed by atoms with Crippen molar-refractivity contribution < 1.29 is 9.76 Å².